The Hall–Kier alpha value is -5.68. The van der Waals surface area contributed by atoms with Gasteiger partial charge in [-0.3, -0.25) is 33.1 Å². The smallest absolute Gasteiger partial charge is 0.475 e. The van der Waals surface area contributed by atoms with E-state index < -0.39 is 101 Å². The number of rotatable bonds is 19. The number of methoxy groups -OCH3 is 2. The Morgan fingerprint density at radius 3 is 2.09 bits per heavy atom. The van der Waals surface area contributed by atoms with E-state index in [9.17, 15) is 30.0 Å². The van der Waals surface area contributed by atoms with Crippen LogP contribution in [0.5, 0.6) is 11.5 Å². The SMILES string of the molecule is COc1ccc(C(OC[C@H]2O[C@@H]3C[C@@H]2OP(=O)(OCCC#N)OC[C@H]2O[C@H](C[C@@H]2OP(OCCC#N)N(C(C)C)C(C)C)n2cc(C)c(nc2=O)[C@@H]2N3C(=O)NC(=O)[C@]2(C)O)(c2ccccc2)c2ccc(OC)cc2)cc1. The van der Waals surface area contributed by atoms with Gasteiger partial charge in [-0.25, -0.2) is 18.8 Å². The second-order valence-electron chi connectivity index (χ2n) is 19.6. The minimum atomic E-state index is -4.83. The maximum atomic E-state index is 15.4. The third-order valence-corrected chi connectivity index (χ3v) is 17.4. The number of ether oxygens (including phenoxy) is 5. The number of phosphoric ester groups is 1. The van der Waals surface area contributed by atoms with Crippen LogP contribution >= 0.6 is 16.3 Å². The minimum Gasteiger partial charge on any atom is -0.497 e. The summed E-state index contributed by atoms with van der Waals surface area (Å²) in [6, 6.07) is 25.3. The molecule has 2 N–H and O–H groups in total. The first kappa shape index (κ1) is 57.5. The van der Waals surface area contributed by atoms with Gasteiger partial charge in [0.15, 0.2) is 5.60 Å². The highest BCUT2D eigenvalue weighted by atomic mass is 31.2. The van der Waals surface area contributed by atoms with Gasteiger partial charge in [0, 0.05) is 31.1 Å². The summed E-state index contributed by atoms with van der Waals surface area (Å²) >= 11 is 0. The number of hydrogen-bond donors (Lipinski definition) is 2. The van der Waals surface area contributed by atoms with Crippen molar-refractivity contribution < 1.29 is 65.6 Å². The van der Waals surface area contributed by atoms with Crippen LogP contribution in [0.2, 0.25) is 0 Å². The molecular formula is C53H65N7O15P2. The third kappa shape index (κ3) is 12.2. The lowest BCUT2D eigenvalue weighted by Crippen LogP contribution is -2.67. The topological polar surface area (TPSA) is 265 Å². The largest absolute Gasteiger partial charge is 0.497 e. The first-order chi connectivity index (χ1) is 36.9. The number of aromatic nitrogens is 2. The standard InChI is InChI=1S/C53H65N7O15P2/c1-33(2)60(34(3)4)76(69-26-12-24-54)74-41-28-45-58-30-35(5)47(56-50(58)62)48-52(6,64)49(61)57-51(63)59(48)46-29-42(75-77(65,70-27-13-25-55)71-32-44(41)72-45)43(73-46)31-68-53(36-14-10-9-11-15-36,37-16-20-39(66-7)21-17-37)38-18-22-40(67-8)23-19-38/h9-11,14-23,30,33-34,41-46,48,64H,12-13,26-29,31-32H2,1-8H3,(H,57,61,63)/t41-,42-,43+,44+,45+,46+,48-,52+,76?,77?/m0/s1. The van der Waals surface area contributed by atoms with Crippen LogP contribution in [0.4, 0.5) is 4.79 Å². The van der Waals surface area contributed by atoms with Crippen molar-refractivity contribution in [2.45, 2.75) is 133 Å². The van der Waals surface area contributed by atoms with Crippen LogP contribution in [0.1, 0.15) is 101 Å². The van der Waals surface area contributed by atoms with Crippen LogP contribution in [0, 0.1) is 29.6 Å². The average Bonchev–Trinajstić information content (AvgIpc) is 4.12. The summed E-state index contributed by atoms with van der Waals surface area (Å²) in [5.74, 6) is 0.115. The number of aryl methyl sites for hydroxylation is 1. The van der Waals surface area contributed by atoms with E-state index in [2.05, 4.69) is 16.4 Å². The fraction of sp³-hybridized carbons (Fsp3) is 0.509. The predicted molar refractivity (Wildman–Crippen MR) is 277 cm³/mol. The fourth-order valence-corrected chi connectivity index (χ4v) is 13.3. The number of nitrogens with zero attached hydrogens (tertiary/aromatic N) is 6. The van der Waals surface area contributed by atoms with E-state index in [4.69, 9.17) is 46.3 Å². The Kier molecular flexibility index (Phi) is 18.3. The van der Waals surface area contributed by atoms with Crippen LogP contribution in [0.25, 0.3) is 0 Å². The number of hydrogen-bond acceptors (Lipinski definition) is 19. The average molecular weight is 1100 g/mol. The van der Waals surface area contributed by atoms with E-state index in [-0.39, 0.29) is 56.7 Å². The van der Waals surface area contributed by atoms with Gasteiger partial charge >= 0.3 is 19.5 Å². The number of fused-ring (bicyclic) bond motifs is 5. The molecule has 9 rings (SSSR count). The molecule has 6 heterocycles. The van der Waals surface area contributed by atoms with Crippen molar-refractivity contribution in [3.63, 3.8) is 0 Å². The molecule has 412 valence electrons. The molecule has 0 aliphatic carbocycles. The van der Waals surface area contributed by atoms with Crippen molar-refractivity contribution in [3.05, 3.63) is 123 Å². The van der Waals surface area contributed by atoms with E-state index >= 15 is 4.57 Å². The van der Waals surface area contributed by atoms with Gasteiger partial charge in [0.2, 0.25) is 0 Å². The van der Waals surface area contributed by atoms with Crippen molar-refractivity contribution in [1.82, 2.24) is 24.4 Å². The molecule has 24 heteroatoms. The predicted octanol–water partition coefficient (Wildman–Crippen LogP) is 7.44. The Bertz CT molecular complexity index is 2840. The molecule has 3 amide bonds. The molecule has 5 aliphatic heterocycles. The zero-order valence-electron chi connectivity index (χ0n) is 44.2. The molecule has 0 spiro atoms. The molecule has 77 heavy (non-hydrogen) atoms. The number of nitriles is 2. The molecule has 4 aromatic rings. The highest BCUT2D eigenvalue weighted by molar-refractivity contribution is 7.48. The van der Waals surface area contributed by atoms with Crippen molar-refractivity contribution >= 4 is 28.3 Å². The first-order valence-corrected chi connectivity index (χ1v) is 27.9. The van der Waals surface area contributed by atoms with Crippen LogP contribution in [-0.2, 0) is 51.8 Å². The number of carbonyl (C=O) groups excluding carboxylic acids is 2. The summed E-state index contributed by atoms with van der Waals surface area (Å²) < 4.78 is 82.1. The Balaban J connectivity index is 1.26. The summed E-state index contributed by atoms with van der Waals surface area (Å²) in [4.78, 5) is 48.0. The van der Waals surface area contributed by atoms with E-state index in [1.54, 1.807) is 45.4 Å². The number of aliphatic hydroxyl groups is 1. The van der Waals surface area contributed by atoms with Gasteiger partial charge in [0.05, 0.1) is 77.4 Å². The number of nitrogens with one attached hydrogen (secondary N) is 1. The van der Waals surface area contributed by atoms with Crippen molar-refractivity contribution in [3.8, 4) is 23.6 Å². The van der Waals surface area contributed by atoms with Gasteiger partial charge < -0.3 is 37.8 Å². The number of carbonyl (C=O) groups is 2. The van der Waals surface area contributed by atoms with Crippen LogP contribution < -0.4 is 20.5 Å². The zero-order chi connectivity index (χ0) is 55.2. The van der Waals surface area contributed by atoms with Gasteiger partial charge in [-0.15, -0.1) is 0 Å². The molecule has 0 radical (unpaired) electrons. The summed E-state index contributed by atoms with van der Waals surface area (Å²) in [7, 11) is -3.60. The van der Waals surface area contributed by atoms with Crippen molar-refractivity contribution in [2.24, 2.45) is 0 Å². The van der Waals surface area contributed by atoms with Crippen molar-refractivity contribution in [2.75, 3.05) is 40.6 Å². The fourth-order valence-electron chi connectivity index (χ4n) is 10.1. The monoisotopic (exact) mass is 1100 g/mol. The summed E-state index contributed by atoms with van der Waals surface area (Å²) in [6.07, 6.45) is -5.98. The molecule has 0 saturated carbocycles. The van der Waals surface area contributed by atoms with Gasteiger partial charge in [0.25, 0.3) is 14.4 Å². The molecule has 3 aromatic carbocycles. The number of urea groups is 1. The van der Waals surface area contributed by atoms with Crippen molar-refractivity contribution in [1.29, 1.82) is 10.5 Å². The summed E-state index contributed by atoms with van der Waals surface area (Å²) in [6.45, 7) is 9.55. The second kappa shape index (κ2) is 24.6. The Labute approximate surface area is 448 Å². The van der Waals surface area contributed by atoms with Crippen LogP contribution in [-0.4, -0.2) is 125 Å². The Morgan fingerprint density at radius 1 is 0.883 bits per heavy atom. The highest BCUT2D eigenvalue weighted by Crippen LogP contribution is 2.56. The highest BCUT2D eigenvalue weighted by Gasteiger charge is 2.58. The van der Waals surface area contributed by atoms with Gasteiger partial charge in [-0.1, -0.05) is 54.6 Å². The molecule has 3 saturated heterocycles. The van der Waals surface area contributed by atoms with E-state index in [0.29, 0.717) is 33.8 Å². The van der Waals surface area contributed by atoms with Crippen LogP contribution in [0.15, 0.2) is 89.9 Å². The molecule has 2 unspecified atom stereocenters. The lowest BCUT2D eigenvalue weighted by Gasteiger charge is -2.45. The molecule has 1 aromatic heterocycles. The maximum Gasteiger partial charge on any atom is 0.475 e. The van der Waals surface area contributed by atoms with Crippen LogP contribution in [0.3, 0.4) is 0 Å². The second-order valence-corrected chi connectivity index (χ2v) is 22.6. The lowest BCUT2D eigenvalue weighted by atomic mass is 9.80. The number of imide groups is 1. The normalized spacial score (nSPS) is 26.8. The molecule has 6 bridgehead atoms. The van der Waals surface area contributed by atoms with E-state index in [1.807, 2.05) is 93.0 Å². The number of benzene rings is 3. The third-order valence-electron chi connectivity index (χ3n) is 13.8. The van der Waals surface area contributed by atoms with E-state index in [1.165, 1.54) is 17.7 Å². The molecule has 5 aliphatic rings. The summed E-state index contributed by atoms with van der Waals surface area (Å²) in [5.41, 5.74) is -2.46. The molecule has 22 nitrogen and oxygen atoms in total. The molecule has 10 atom stereocenters. The van der Waals surface area contributed by atoms with E-state index in [0.717, 1.165) is 4.90 Å². The number of amides is 3. The lowest BCUT2D eigenvalue weighted by molar-refractivity contribution is -0.161. The zero-order valence-corrected chi connectivity index (χ0v) is 46.0. The quantitative estimate of drug-likeness (QED) is 0.0525. The summed E-state index contributed by atoms with van der Waals surface area (Å²) in [5, 5.41) is 33.5. The molecular weight excluding hydrogens is 1040 g/mol. The first-order valence-electron chi connectivity index (χ1n) is 25.3. The molecule has 3 fully saturated rings. The maximum absolute atomic E-state index is 15.4. The van der Waals surface area contributed by atoms with Gasteiger partial charge in [-0.05, 0) is 88.1 Å². The van der Waals surface area contributed by atoms with Gasteiger partial charge in [-0.2, -0.15) is 15.5 Å². The number of phosphoric acid groups is 1. The Morgan fingerprint density at radius 2 is 1.49 bits per heavy atom. The minimum absolute atomic E-state index is 0.0109. The van der Waals surface area contributed by atoms with Gasteiger partial charge in [0.1, 0.15) is 53.9 Å².